The Labute approximate surface area is 155 Å². The zero-order valence-electron chi connectivity index (χ0n) is 15.5. The number of carboxylic acids is 1. The van der Waals surface area contributed by atoms with E-state index in [9.17, 15) is 19.5 Å². The highest BCUT2D eigenvalue weighted by atomic mass is 16.4. The average Bonchev–Trinajstić information content (AvgIpc) is 2.61. The van der Waals surface area contributed by atoms with Gasteiger partial charge in [-0.05, 0) is 44.9 Å². The van der Waals surface area contributed by atoms with Gasteiger partial charge in [-0.15, -0.1) is 0 Å². The summed E-state index contributed by atoms with van der Waals surface area (Å²) in [5.74, 6) is -1.37. The summed E-state index contributed by atoms with van der Waals surface area (Å²) in [5, 5.41) is 31.8. The van der Waals surface area contributed by atoms with Crippen LogP contribution in [-0.4, -0.2) is 58.9 Å². The smallest absolute Gasteiger partial charge is 0.326 e. The lowest BCUT2D eigenvalue weighted by molar-refractivity contribution is -0.142. The molecule has 0 aliphatic heterocycles. The molecule has 26 heavy (non-hydrogen) atoms. The molecule has 2 amide bonds. The third kappa shape index (κ3) is 14.7. The van der Waals surface area contributed by atoms with Gasteiger partial charge in [0.2, 0.25) is 11.8 Å². The first-order valence-electron chi connectivity index (χ1n) is 9.51. The first-order valence-corrected chi connectivity index (χ1v) is 9.51. The van der Waals surface area contributed by atoms with Gasteiger partial charge >= 0.3 is 5.97 Å². The van der Waals surface area contributed by atoms with Gasteiger partial charge in [-0.1, -0.05) is 12.8 Å². The SMILES string of the molecule is O=C(CCCCCO)NCCCC[C@H](NC(=O)CCCCCO)C(=O)O. The van der Waals surface area contributed by atoms with Gasteiger partial charge in [0.1, 0.15) is 6.04 Å². The van der Waals surface area contributed by atoms with Gasteiger partial charge in [0.15, 0.2) is 0 Å². The van der Waals surface area contributed by atoms with E-state index in [1.807, 2.05) is 0 Å². The number of aliphatic carboxylic acids is 1. The van der Waals surface area contributed by atoms with Crippen LogP contribution >= 0.6 is 0 Å². The lowest BCUT2D eigenvalue weighted by atomic mass is 10.1. The van der Waals surface area contributed by atoms with Crippen molar-refractivity contribution in [1.82, 2.24) is 10.6 Å². The zero-order valence-corrected chi connectivity index (χ0v) is 15.5. The predicted octanol–water partition coefficient (Wildman–Crippen LogP) is 0.948. The van der Waals surface area contributed by atoms with Crippen LogP contribution in [0.3, 0.4) is 0 Å². The molecule has 0 aliphatic rings. The Kier molecular flexibility index (Phi) is 15.7. The molecule has 0 fully saturated rings. The van der Waals surface area contributed by atoms with E-state index in [1.54, 1.807) is 0 Å². The third-order valence-electron chi connectivity index (χ3n) is 4.00. The van der Waals surface area contributed by atoms with Gasteiger partial charge in [-0.3, -0.25) is 9.59 Å². The Bertz CT molecular complexity index is 403. The Hall–Kier alpha value is -1.67. The quantitative estimate of drug-likeness (QED) is 0.240. The van der Waals surface area contributed by atoms with Crippen molar-refractivity contribution in [1.29, 1.82) is 0 Å². The molecule has 0 saturated heterocycles. The Morgan fingerprint density at radius 3 is 1.85 bits per heavy atom. The molecule has 0 heterocycles. The molecule has 5 N–H and O–H groups in total. The van der Waals surface area contributed by atoms with Crippen molar-refractivity contribution in [3.63, 3.8) is 0 Å². The third-order valence-corrected chi connectivity index (χ3v) is 4.00. The molecule has 0 aromatic rings. The lowest BCUT2D eigenvalue weighted by Gasteiger charge is -2.14. The first kappa shape index (κ1) is 24.3. The molecule has 0 unspecified atom stereocenters. The van der Waals surface area contributed by atoms with E-state index in [2.05, 4.69) is 10.6 Å². The summed E-state index contributed by atoms with van der Waals surface area (Å²) in [6, 6.07) is -0.908. The van der Waals surface area contributed by atoms with Crippen LogP contribution in [0, 0.1) is 0 Å². The standard InChI is InChI=1S/C18H34N2O6/c21-13-7-1-3-10-16(23)19-12-6-5-9-15(18(25)26)20-17(24)11-4-2-8-14-22/h15,21-22H,1-14H2,(H,19,23)(H,20,24)(H,25,26)/t15-/m0/s1. The van der Waals surface area contributed by atoms with Gasteiger partial charge in [-0.2, -0.15) is 0 Å². The van der Waals surface area contributed by atoms with E-state index in [1.165, 1.54) is 0 Å². The number of nitrogens with one attached hydrogen (secondary N) is 2. The van der Waals surface area contributed by atoms with Crippen molar-refractivity contribution in [3.05, 3.63) is 0 Å². The number of unbranched alkanes of at least 4 members (excludes halogenated alkanes) is 5. The van der Waals surface area contributed by atoms with Gasteiger partial charge in [0, 0.05) is 32.6 Å². The highest BCUT2D eigenvalue weighted by molar-refractivity contribution is 5.83. The second kappa shape index (κ2) is 16.8. The summed E-state index contributed by atoms with van der Waals surface area (Å²) in [4.78, 5) is 34.5. The van der Waals surface area contributed by atoms with Crippen LogP contribution < -0.4 is 10.6 Å². The number of aliphatic hydroxyl groups is 2. The minimum Gasteiger partial charge on any atom is -0.480 e. The Morgan fingerprint density at radius 1 is 0.731 bits per heavy atom. The minimum atomic E-state index is -1.05. The molecule has 0 aromatic heterocycles. The van der Waals surface area contributed by atoms with Gasteiger partial charge in [-0.25, -0.2) is 4.79 Å². The van der Waals surface area contributed by atoms with Crippen molar-refractivity contribution >= 4 is 17.8 Å². The summed E-state index contributed by atoms with van der Waals surface area (Å²) in [6.45, 7) is 0.727. The monoisotopic (exact) mass is 374 g/mol. The van der Waals surface area contributed by atoms with Crippen LogP contribution in [0.2, 0.25) is 0 Å². The Morgan fingerprint density at radius 2 is 1.31 bits per heavy atom. The summed E-state index contributed by atoms with van der Waals surface area (Å²) >= 11 is 0. The van der Waals surface area contributed by atoms with Crippen molar-refractivity contribution in [2.75, 3.05) is 19.8 Å². The number of hydrogen-bond donors (Lipinski definition) is 5. The molecule has 0 saturated carbocycles. The maximum absolute atomic E-state index is 11.7. The fraction of sp³-hybridized carbons (Fsp3) is 0.833. The summed E-state index contributed by atoms with van der Waals surface area (Å²) < 4.78 is 0. The van der Waals surface area contributed by atoms with Crippen LogP contribution in [-0.2, 0) is 14.4 Å². The molecule has 8 heteroatoms. The number of carboxylic acid groups (broad SMARTS) is 1. The lowest BCUT2D eigenvalue weighted by Crippen LogP contribution is -2.40. The van der Waals surface area contributed by atoms with E-state index in [0.29, 0.717) is 51.5 Å². The number of amides is 2. The summed E-state index contributed by atoms with van der Waals surface area (Å²) in [5.41, 5.74) is 0. The predicted molar refractivity (Wildman–Crippen MR) is 97.5 cm³/mol. The van der Waals surface area contributed by atoms with E-state index in [4.69, 9.17) is 10.2 Å². The first-order chi connectivity index (χ1) is 12.5. The summed E-state index contributed by atoms with van der Waals surface area (Å²) in [7, 11) is 0. The molecule has 0 spiro atoms. The highest BCUT2D eigenvalue weighted by Crippen LogP contribution is 2.04. The zero-order chi connectivity index (χ0) is 19.6. The molecule has 152 valence electrons. The number of carbonyl (C=O) groups excluding carboxylic acids is 2. The number of rotatable bonds is 17. The van der Waals surface area contributed by atoms with Crippen LogP contribution in [0.4, 0.5) is 0 Å². The normalized spacial score (nSPS) is 11.8. The molecule has 0 aliphatic carbocycles. The largest absolute Gasteiger partial charge is 0.480 e. The molecular formula is C18H34N2O6. The second-order valence-corrected chi connectivity index (χ2v) is 6.37. The van der Waals surface area contributed by atoms with Crippen LogP contribution in [0.5, 0.6) is 0 Å². The van der Waals surface area contributed by atoms with Gasteiger partial charge in [0.25, 0.3) is 0 Å². The molecule has 8 nitrogen and oxygen atoms in total. The van der Waals surface area contributed by atoms with Crippen molar-refractivity contribution < 1.29 is 29.7 Å². The second-order valence-electron chi connectivity index (χ2n) is 6.37. The van der Waals surface area contributed by atoms with Gasteiger partial charge < -0.3 is 26.0 Å². The fourth-order valence-electron chi connectivity index (χ4n) is 2.46. The van der Waals surface area contributed by atoms with Gasteiger partial charge in [0.05, 0.1) is 0 Å². The van der Waals surface area contributed by atoms with Crippen LogP contribution in [0.15, 0.2) is 0 Å². The Balaban J connectivity index is 3.81. The minimum absolute atomic E-state index is 0.0334. The molecule has 0 radical (unpaired) electrons. The van der Waals surface area contributed by atoms with Crippen molar-refractivity contribution in [2.24, 2.45) is 0 Å². The molecule has 0 rings (SSSR count). The molecule has 0 bridgehead atoms. The summed E-state index contributed by atoms with van der Waals surface area (Å²) in [6.07, 6.45) is 6.54. The van der Waals surface area contributed by atoms with E-state index >= 15 is 0 Å². The van der Waals surface area contributed by atoms with E-state index in [0.717, 1.165) is 19.3 Å². The molecule has 1 atom stereocenters. The average molecular weight is 374 g/mol. The highest BCUT2D eigenvalue weighted by Gasteiger charge is 2.19. The molecule has 0 aromatic carbocycles. The topological polar surface area (TPSA) is 136 Å². The maximum atomic E-state index is 11.7. The van der Waals surface area contributed by atoms with E-state index < -0.39 is 12.0 Å². The fourth-order valence-corrected chi connectivity index (χ4v) is 2.46. The number of carbonyl (C=O) groups is 3. The number of hydrogen-bond acceptors (Lipinski definition) is 5. The van der Waals surface area contributed by atoms with E-state index in [-0.39, 0.29) is 31.4 Å². The maximum Gasteiger partial charge on any atom is 0.326 e. The van der Waals surface area contributed by atoms with Crippen LogP contribution in [0.25, 0.3) is 0 Å². The molecular weight excluding hydrogens is 340 g/mol. The van der Waals surface area contributed by atoms with Crippen molar-refractivity contribution in [2.45, 2.75) is 76.7 Å². The van der Waals surface area contributed by atoms with Crippen LogP contribution in [0.1, 0.15) is 70.6 Å². The number of aliphatic hydroxyl groups excluding tert-OH is 2. The van der Waals surface area contributed by atoms with Crippen molar-refractivity contribution in [3.8, 4) is 0 Å².